The Morgan fingerprint density at radius 2 is 1.30 bits per heavy atom. The van der Waals surface area contributed by atoms with Crippen molar-refractivity contribution >= 4 is 23.5 Å². The van der Waals surface area contributed by atoms with Gasteiger partial charge in [-0.2, -0.15) is 11.8 Å². The van der Waals surface area contributed by atoms with Crippen molar-refractivity contribution in [3.8, 4) is 0 Å². The fraction of sp³-hybridized carbons (Fsp3) is 0.429. The molecule has 0 fully saturated rings. The SMILES string of the molecule is CCCCSCCSC(CC)(c1ccccc1)c1ccccc1. The zero-order valence-corrected chi connectivity index (χ0v) is 16.0. The van der Waals surface area contributed by atoms with Gasteiger partial charge in [0.15, 0.2) is 0 Å². The third-order valence-electron chi connectivity index (χ3n) is 4.20. The van der Waals surface area contributed by atoms with Gasteiger partial charge in [-0.3, -0.25) is 0 Å². The van der Waals surface area contributed by atoms with Crippen LogP contribution in [0.15, 0.2) is 60.7 Å². The Morgan fingerprint density at radius 1 is 0.739 bits per heavy atom. The van der Waals surface area contributed by atoms with E-state index in [1.165, 1.54) is 41.2 Å². The maximum absolute atomic E-state index is 2.32. The van der Waals surface area contributed by atoms with E-state index in [9.17, 15) is 0 Å². The van der Waals surface area contributed by atoms with Crippen molar-refractivity contribution in [2.24, 2.45) is 0 Å². The second kappa shape index (κ2) is 10.1. The summed E-state index contributed by atoms with van der Waals surface area (Å²) in [5.74, 6) is 3.74. The Morgan fingerprint density at radius 3 is 1.78 bits per heavy atom. The van der Waals surface area contributed by atoms with Crippen molar-refractivity contribution in [2.75, 3.05) is 17.3 Å². The van der Waals surface area contributed by atoms with E-state index in [1.807, 2.05) is 0 Å². The molecule has 0 heterocycles. The van der Waals surface area contributed by atoms with E-state index >= 15 is 0 Å². The van der Waals surface area contributed by atoms with Crippen molar-refractivity contribution in [1.82, 2.24) is 0 Å². The monoisotopic (exact) mass is 344 g/mol. The molecule has 0 aliphatic rings. The van der Waals surface area contributed by atoms with Crippen LogP contribution in [0.4, 0.5) is 0 Å². The molecule has 0 bridgehead atoms. The lowest BCUT2D eigenvalue weighted by atomic mass is 9.88. The quantitative estimate of drug-likeness (QED) is 0.445. The molecule has 0 N–H and O–H groups in total. The average molecular weight is 345 g/mol. The van der Waals surface area contributed by atoms with Crippen molar-refractivity contribution in [1.29, 1.82) is 0 Å². The van der Waals surface area contributed by atoms with Crippen LogP contribution < -0.4 is 0 Å². The van der Waals surface area contributed by atoms with Crippen LogP contribution >= 0.6 is 23.5 Å². The summed E-state index contributed by atoms with van der Waals surface area (Å²) in [6, 6.07) is 22.0. The summed E-state index contributed by atoms with van der Waals surface area (Å²) in [7, 11) is 0. The van der Waals surface area contributed by atoms with Crippen LogP contribution in [0.1, 0.15) is 44.2 Å². The molecule has 2 aromatic rings. The highest BCUT2D eigenvalue weighted by Gasteiger charge is 2.32. The summed E-state index contributed by atoms with van der Waals surface area (Å²) in [4.78, 5) is 0. The molecule has 0 atom stereocenters. The molecule has 2 rings (SSSR count). The first-order chi connectivity index (χ1) is 11.3. The first-order valence-electron chi connectivity index (χ1n) is 8.66. The van der Waals surface area contributed by atoms with Gasteiger partial charge in [0.1, 0.15) is 0 Å². The minimum absolute atomic E-state index is 0.0772. The molecular formula is C21H28S2. The Hall–Kier alpha value is -0.860. The van der Waals surface area contributed by atoms with Gasteiger partial charge in [-0.25, -0.2) is 0 Å². The number of unbranched alkanes of at least 4 members (excludes halogenated alkanes) is 1. The molecule has 2 aromatic carbocycles. The second-order valence-corrected chi connectivity index (χ2v) is 8.35. The predicted molar refractivity (Wildman–Crippen MR) is 109 cm³/mol. The lowest BCUT2D eigenvalue weighted by molar-refractivity contribution is 0.710. The summed E-state index contributed by atoms with van der Waals surface area (Å²) in [6.07, 6.45) is 3.75. The molecule has 0 unspecified atom stereocenters. The van der Waals surface area contributed by atoms with Crippen LogP contribution in [-0.4, -0.2) is 17.3 Å². The van der Waals surface area contributed by atoms with Crippen LogP contribution in [-0.2, 0) is 4.75 Å². The maximum atomic E-state index is 2.32. The van der Waals surface area contributed by atoms with Gasteiger partial charge in [-0.1, -0.05) is 80.9 Å². The maximum Gasteiger partial charge on any atom is 0.0654 e. The Bertz CT molecular complexity index is 497. The third-order valence-corrected chi connectivity index (χ3v) is 7.19. The van der Waals surface area contributed by atoms with Gasteiger partial charge >= 0.3 is 0 Å². The van der Waals surface area contributed by atoms with Crippen LogP contribution in [0.25, 0.3) is 0 Å². The van der Waals surface area contributed by atoms with Gasteiger partial charge in [0, 0.05) is 11.5 Å². The molecule has 0 aromatic heterocycles. The van der Waals surface area contributed by atoms with Crippen molar-refractivity contribution < 1.29 is 0 Å². The summed E-state index contributed by atoms with van der Waals surface area (Å²) < 4.78 is 0.0772. The van der Waals surface area contributed by atoms with E-state index in [4.69, 9.17) is 0 Å². The largest absolute Gasteiger partial charge is 0.161 e. The summed E-state index contributed by atoms with van der Waals surface area (Å²) in [5, 5.41) is 0. The van der Waals surface area contributed by atoms with E-state index in [-0.39, 0.29) is 4.75 Å². The summed E-state index contributed by atoms with van der Waals surface area (Å²) >= 11 is 4.21. The van der Waals surface area contributed by atoms with Gasteiger partial charge in [-0.15, -0.1) is 11.8 Å². The van der Waals surface area contributed by atoms with E-state index in [1.54, 1.807) is 0 Å². The van der Waals surface area contributed by atoms with Crippen LogP contribution in [0.3, 0.4) is 0 Å². The molecule has 0 amide bonds. The third kappa shape index (κ3) is 5.06. The molecule has 0 saturated heterocycles. The summed E-state index contributed by atoms with van der Waals surface area (Å²) in [6.45, 7) is 4.58. The normalized spacial score (nSPS) is 11.6. The van der Waals surface area contributed by atoms with Crippen LogP contribution in [0.2, 0.25) is 0 Å². The zero-order chi connectivity index (χ0) is 16.4. The second-order valence-electron chi connectivity index (χ2n) is 5.73. The molecule has 124 valence electrons. The predicted octanol–water partition coefficient (Wildman–Crippen LogP) is 6.61. The fourth-order valence-electron chi connectivity index (χ4n) is 2.88. The highest BCUT2D eigenvalue weighted by Crippen LogP contribution is 2.45. The van der Waals surface area contributed by atoms with Crippen molar-refractivity contribution in [3.63, 3.8) is 0 Å². The zero-order valence-electron chi connectivity index (χ0n) is 14.3. The molecule has 0 spiro atoms. The highest BCUT2D eigenvalue weighted by molar-refractivity contribution is 8.03. The Balaban J connectivity index is 2.15. The van der Waals surface area contributed by atoms with Gasteiger partial charge in [0.05, 0.1) is 4.75 Å². The van der Waals surface area contributed by atoms with Gasteiger partial charge in [-0.05, 0) is 29.7 Å². The summed E-state index contributed by atoms with van der Waals surface area (Å²) in [5.41, 5.74) is 2.86. The number of rotatable bonds is 10. The molecule has 0 radical (unpaired) electrons. The van der Waals surface area contributed by atoms with E-state index in [0.717, 1.165) is 6.42 Å². The minimum atomic E-state index is 0.0772. The first kappa shape index (κ1) is 18.5. The average Bonchev–Trinajstić information content (AvgIpc) is 2.63. The smallest absolute Gasteiger partial charge is 0.0654 e. The number of hydrogen-bond acceptors (Lipinski definition) is 2. The standard InChI is InChI=1S/C21H28S2/c1-3-5-16-22-17-18-23-21(4-2,19-12-8-6-9-13-19)20-14-10-7-11-15-20/h6-15H,3-5,16-18H2,1-2H3. The van der Waals surface area contributed by atoms with Gasteiger partial charge < -0.3 is 0 Å². The number of thioether (sulfide) groups is 2. The fourth-order valence-corrected chi connectivity index (χ4v) is 5.54. The Labute approximate surface area is 150 Å². The van der Waals surface area contributed by atoms with E-state index < -0.39 is 0 Å². The lowest BCUT2D eigenvalue weighted by Crippen LogP contribution is -2.23. The van der Waals surface area contributed by atoms with Crippen LogP contribution in [0, 0.1) is 0 Å². The highest BCUT2D eigenvalue weighted by atomic mass is 32.2. The molecule has 0 nitrogen and oxygen atoms in total. The first-order valence-corrected chi connectivity index (χ1v) is 10.8. The van der Waals surface area contributed by atoms with Gasteiger partial charge in [0.25, 0.3) is 0 Å². The molecule has 0 aliphatic carbocycles. The number of benzene rings is 2. The van der Waals surface area contributed by atoms with Crippen molar-refractivity contribution in [3.05, 3.63) is 71.8 Å². The van der Waals surface area contributed by atoms with Crippen LogP contribution in [0.5, 0.6) is 0 Å². The number of hydrogen-bond donors (Lipinski definition) is 0. The molecular weight excluding hydrogens is 316 g/mol. The molecule has 0 aliphatic heterocycles. The molecule has 23 heavy (non-hydrogen) atoms. The van der Waals surface area contributed by atoms with Crippen molar-refractivity contribution in [2.45, 2.75) is 37.9 Å². The minimum Gasteiger partial charge on any atom is -0.161 e. The van der Waals surface area contributed by atoms with E-state index in [2.05, 4.69) is 98.0 Å². The van der Waals surface area contributed by atoms with Gasteiger partial charge in [0.2, 0.25) is 0 Å². The topological polar surface area (TPSA) is 0 Å². The molecule has 0 saturated carbocycles. The Kier molecular flexibility index (Phi) is 8.11. The molecule has 2 heteroatoms. The van der Waals surface area contributed by atoms with E-state index in [0.29, 0.717) is 0 Å². The lowest BCUT2D eigenvalue weighted by Gasteiger charge is -2.33.